The summed E-state index contributed by atoms with van der Waals surface area (Å²) in [4.78, 5) is 20.2. The van der Waals surface area contributed by atoms with Crippen molar-refractivity contribution in [1.29, 1.82) is 0 Å². The topological polar surface area (TPSA) is 48.6 Å². The van der Waals surface area contributed by atoms with Crippen molar-refractivity contribution < 1.29 is 22.7 Å². The maximum absolute atomic E-state index is 15.8. The van der Waals surface area contributed by atoms with E-state index in [0.717, 1.165) is 36.0 Å². The van der Waals surface area contributed by atoms with Gasteiger partial charge < -0.3 is 14.6 Å². The number of hydrogen-bond donors (Lipinski definition) is 1. The van der Waals surface area contributed by atoms with Crippen LogP contribution >= 0.6 is 0 Å². The number of nitrogens with one attached hydrogen (secondary N) is 1. The number of aromatic amines is 1. The van der Waals surface area contributed by atoms with Crippen molar-refractivity contribution in [2.75, 3.05) is 19.7 Å². The van der Waals surface area contributed by atoms with E-state index in [2.05, 4.69) is 16.8 Å². The minimum atomic E-state index is -2.21. The highest BCUT2D eigenvalue weighted by molar-refractivity contribution is 5.89. The van der Waals surface area contributed by atoms with Gasteiger partial charge in [-0.3, -0.25) is 9.69 Å². The maximum Gasteiger partial charge on any atom is 0.260 e. The molecule has 1 aromatic heterocycles. The molecule has 1 saturated heterocycles. The van der Waals surface area contributed by atoms with Crippen molar-refractivity contribution in [1.82, 2.24) is 14.8 Å². The Kier molecular flexibility index (Phi) is 6.97. The zero-order chi connectivity index (χ0) is 27.4. The number of alkyl halides is 1. The molecule has 8 heteroatoms. The number of likely N-dealkylation sites (tertiary alicyclic amines) is 1. The monoisotopic (exact) mass is 527 g/mol. The van der Waals surface area contributed by atoms with Gasteiger partial charge in [0, 0.05) is 47.4 Å². The Morgan fingerprint density at radius 2 is 1.87 bits per heavy atom. The molecule has 5 rings (SSSR count). The number of benzene rings is 2. The summed E-state index contributed by atoms with van der Waals surface area (Å²) in [6.45, 7) is 10.6. The summed E-state index contributed by atoms with van der Waals surface area (Å²) in [6.07, 6.45) is 1.57. The third-order valence-corrected chi connectivity index (χ3v) is 8.01. The van der Waals surface area contributed by atoms with E-state index in [0.29, 0.717) is 24.6 Å². The first kappa shape index (κ1) is 26.6. The van der Waals surface area contributed by atoms with E-state index in [1.807, 2.05) is 31.2 Å². The molecule has 0 unspecified atom stereocenters. The van der Waals surface area contributed by atoms with Crippen LogP contribution in [0.1, 0.15) is 63.9 Å². The lowest BCUT2D eigenvalue weighted by molar-refractivity contribution is -0.146. The first-order chi connectivity index (χ1) is 18.0. The Morgan fingerprint density at radius 1 is 1.18 bits per heavy atom. The molecule has 3 aromatic rings. The van der Waals surface area contributed by atoms with E-state index in [1.54, 1.807) is 6.92 Å². The fraction of sp³-hybridized carbons (Fsp3) is 0.500. The lowest BCUT2D eigenvalue weighted by Gasteiger charge is -2.43. The van der Waals surface area contributed by atoms with Crippen LogP contribution in [0, 0.1) is 17.6 Å². The van der Waals surface area contributed by atoms with Crippen molar-refractivity contribution in [2.24, 2.45) is 5.92 Å². The average molecular weight is 528 g/mol. The van der Waals surface area contributed by atoms with Gasteiger partial charge >= 0.3 is 0 Å². The number of ether oxygens (including phenoxy) is 1. The molecule has 0 aliphatic carbocycles. The Morgan fingerprint density at radius 3 is 2.50 bits per heavy atom. The molecule has 4 atom stereocenters. The van der Waals surface area contributed by atoms with Crippen LogP contribution in [0.15, 0.2) is 36.4 Å². The Labute approximate surface area is 221 Å². The van der Waals surface area contributed by atoms with Crippen LogP contribution in [0.5, 0.6) is 5.75 Å². The van der Waals surface area contributed by atoms with Crippen molar-refractivity contribution in [3.05, 3.63) is 64.9 Å². The lowest BCUT2D eigenvalue weighted by atomic mass is 9.87. The summed E-state index contributed by atoms with van der Waals surface area (Å²) in [6, 6.07) is 8.41. The third kappa shape index (κ3) is 4.79. The number of halogens is 3. The summed E-state index contributed by atoms with van der Waals surface area (Å²) in [7, 11) is 0. The van der Waals surface area contributed by atoms with Crippen LogP contribution < -0.4 is 4.74 Å². The van der Waals surface area contributed by atoms with Crippen molar-refractivity contribution in [3.8, 4) is 5.75 Å². The molecule has 1 N–H and O–H groups in total. The molecule has 2 aliphatic rings. The molecule has 2 aliphatic heterocycles. The molecule has 3 heterocycles. The van der Waals surface area contributed by atoms with E-state index >= 15 is 8.78 Å². The predicted molar refractivity (Wildman–Crippen MR) is 142 cm³/mol. The number of amides is 1. The number of para-hydroxylation sites is 1. The van der Waals surface area contributed by atoms with Crippen LogP contribution in [-0.4, -0.2) is 58.1 Å². The number of nitrogens with zero attached hydrogens (tertiary/aromatic N) is 2. The van der Waals surface area contributed by atoms with Gasteiger partial charge in [-0.1, -0.05) is 25.1 Å². The van der Waals surface area contributed by atoms with Crippen LogP contribution in [0.4, 0.5) is 13.2 Å². The van der Waals surface area contributed by atoms with Gasteiger partial charge in [0.1, 0.15) is 30.0 Å². The highest BCUT2D eigenvalue weighted by Crippen LogP contribution is 2.44. The molecule has 0 radical (unpaired) electrons. The second-order valence-electron chi connectivity index (χ2n) is 11.6. The molecule has 5 nitrogen and oxygen atoms in total. The molecular formula is C30H36F3N3O2. The van der Waals surface area contributed by atoms with Gasteiger partial charge in [0.2, 0.25) is 0 Å². The third-order valence-electron chi connectivity index (χ3n) is 8.01. The fourth-order valence-corrected chi connectivity index (χ4v) is 5.97. The van der Waals surface area contributed by atoms with E-state index in [-0.39, 0.29) is 17.4 Å². The van der Waals surface area contributed by atoms with Gasteiger partial charge in [0.05, 0.1) is 5.56 Å². The van der Waals surface area contributed by atoms with Crippen molar-refractivity contribution in [2.45, 2.75) is 71.3 Å². The average Bonchev–Trinajstić information content (AvgIpc) is 3.44. The SMILES string of the molecule is C[C@@H]1CCN([C@@H](C)COc2cc(F)c([C@@H]3c4[nH]c5ccccc5c4C[C@@H](C)N3C(=O)C(C)(C)F)c(F)c2)C1. The number of rotatable bonds is 6. The molecular weight excluding hydrogens is 491 g/mol. The Bertz CT molecular complexity index is 1330. The first-order valence-electron chi connectivity index (χ1n) is 13.4. The Balaban J connectivity index is 1.53. The van der Waals surface area contributed by atoms with Gasteiger partial charge in [-0.15, -0.1) is 0 Å². The van der Waals surface area contributed by atoms with Gasteiger partial charge in [0.25, 0.3) is 5.91 Å². The molecule has 204 valence electrons. The fourth-order valence-electron chi connectivity index (χ4n) is 5.97. The molecule has 0 saturated carbocycles. The summed E-state index contributed by atoms with van der Waals surface area (Å²) in [5.74, 6) is -1.76. The normalized spacial score (nSPS) is 23.1. The second kappa shape index (κ2) is 9.95. The lowest BCUT2D eigenvalue weighted by Crippen LogP contribution is -2.52. The predicted octanol–water partition coefficient (Wildman–Crippen LogP) is 6.17. The number of carbonyl (C=O) groups is 1. The summed E-state index contributed by atoms with van der Waals surface area (Å²) < 4.78 is 52.4. The second-order valence-corrected chi connectivity index (χ2v) is 11.6. The Hall–Kier alpha value is -3.00. The van der Waals surface area contributed by atoms with Gasteiger partial charge in [-0.05, 0) is 64.6 Å². The van der Waals surface area contributed by atoms with E-state index in [1.165, 1.54) is 30.9 Å². The number of carbonyl (C=O) groups excluding carboxylic acids is 1. The maximum atomic E-state index is 15.8. The summed E-state index contributed by atoms with van der Waals surface area (Å²) >= 11 is 0. The highest BCUT2D eigenvalue weighted by Gasteiger charge is 2.45. The van der Waals surface area contributed by atoms with Crippen LogP contribution in [0.3, 0.4) is 0 Å². The molecule has 0 bridgehead atoms. The molecule has 1 amide bonds. The minimum Gasteiger partial charge on any atom is -0.492 e. The van der Waals surface area contributed by atoms with Gasteiger partial charge in [-0.2, -0.15) is 0 Å². The highest BCUT2D eigenvalue weighted by atomic mass is 19.1. The van der Waals surface area contributed by atoms with Crippen molar-refractivity contribution in [3.63, 3.8) is 0 Å². The van der Waals surface area contributed by atoms with Crippen LogP contribution in [0.25, 0.3) is 10.9 Å². The van der Waals surface area contributed by atoms with Crippen molar-refractivity contribution >= 4 is 16.8 Å². The zero-order valence-corrected chi connectivity index (χ0v) is 22.7. The largest absolute Gasteiger partial charge is 0.492 e. The standard InChI is InChI=1S/C30H36F3N3O2/c1-17-10-11-35(15-17)19(3)16-38-20-13-23(31)26(24(32)14-20)28-27-22(21-8-6-7-9-25(21)34-27)12-18(2)36(28)29(37)30(4,5)33/h6-9,13-14,17-19,28,34H,10-12,15-16H2,1-5H3/t17-,18-,19+,28-/m1/s1. The van der Waals surface area contributed by atoms with Crippen LogP contribution in [0.2, 0.25) is 0 Å². The summed E-state index contributed by atoms with van der Waals surface area (Å²) in [5, 5.41) is 0.928. The molecule has 38 heavy (non-hydrogen) atoms. The van der Waals surface area contributed by atoms with Gasteiger partial charge in [-0.25, -0.2) is 13.2 Å². The van der Waals surface area contributed by atoms with E-state index < -0.39 is 35.3 Å². The minimum absolute atomic E-state index is 0.0901. The molecule has 2 aromatic carbocycles. The molecule has 0 spiro atoms. The first-order valence-corrected chi connectivity index (χ1v) is 13.4. The number of fused-ring (bicyclic) bond motifs is 3. The van der Waals surface area contributed by atoms with E-state index in [4.69, 9.17) is 4.74 Å². The number of hydrogen-bond acceptors (Lipinski definition) is 3. The quantitative estimate of drug-likeness (QED) is 0.417. The smallest absolute Gasteiger partial charge is 0.260 e. The zero-order valence-electron chi connectivity index (χ0n) is 22.7. The van der Waals surface area contributed by atoms with Gasteiger partial charge in [0.15, 0.2) is 5.67 Å². The molecule has 1 fully saturated rings. The van der Waals surface area contributed by atoms with E-state index in [9.17, 15) is 9.18 Å². The number of H-pyrrole nitrogens is 1. The number of aromatic nitrogens is 1. The van der Waals surface area contributed by atoms with Crippen LogP contribution in [-0.2, 0) is 11.2 Å². The summed E-state index contributed by atoms with van der Waals surface area (Å²) in [5.41, 5.74) is -0.322.